The first-order valence-electron chi connectivity index (χ1n) is 18.2. The molecule has 0 bridgehead atoms. The molecular formula is C36H70O12Si2. The van der Waals surface area contributed by atoms with E-state index in [4.69, 9.17) is 42.0 Å². The molecule has 0 amide bonds. The van der Waals surface area contributed by atoms with E-state index in [2.05, 4.69) is 74.7 Å². The van der Waals surface area contributed by atoms with Gasteiger partial charge in [-0.1, -0.05) is 55.4 Å². The Labute approximate surface area is 304 Å². The van der Waals surface area contributed by atoms with Crippen molar-refractivity contribution in [2.75, 3.05) is 34.5 Å². The summed E-state index contributed by atoms with van der Waals surface area (Å²) in [6, 6.07) is 0. The van der Waals surface area contributed by atoms with Gasteiger partial charge in [-0.3, -0.25) is 4.79 Å². The third-order valence-electron chi connectivity index (χ3n) is 11.6. The average Bonchev–Trinajstić information content (AvgIpc) is 3.36. The molecule has 0 aromatic carbocycles. The minimum absolute atomic E-state index is 0.0721. The van der Waals surface area contributed by atoms with E-state index in [1.54, 1.807) is 21.3 Å². The van der Waals surface area contributed by atoms with Crippen molar-refractivity contribution >= 4 is 28.8 Å². The number of carbonyl (C=O) groups excluding carboxylic acids is 2. The van der Waals surface area contributed by atoms with Gasteiger partial charge in [-0.05, 0) is 49.1 Å². The molecule has 2 aliphatic heterocycles. The van der Waals surface area contributed by atoms with Gasteiger partial charge in [0.1, 0.15) is 0 Å². The highest BCUT2D eigenvalue weighted by atomic mass is 28.4. The average molecular weight is 751 g/mol. The fourth-order valence-electron chi connectivity index (χ4n) is 6.45. The van der Waals surface area contributed by atoms with Crippen molar-refractivity contribution in [3.8, 4) is 0 Å². The number of hydrogen-bond donors (Lipinski definition) is 1. The van der Waals surface area contributed by atoms with E-state index in [0.29, 0.717) is 12.8 Å². The van der Waals surface area contributed by atoms with Crippen LogP contribution in [0.1, 0.15) is 88.0 Å². The van der Waals surface area contributed by atoms with Crippen molar-refractivity contribution < 1.29 is 56.7 Å². The predicted octanol–water partition coefficient (Wildman–Crippen LogP) is 6.83. The first-order chi connectivity index (χ1) is 22.9. The Hall–Kier alpha value is -1.11. The second-order valence-electron chi connectivity index (χ2n) is 17.3. The maximum absolute atomic E-state index is 13.0. The smallest absolute Gasteiger partial charge is 0.466 e. The van der Waals surface area contributed by atoms with Crippen LogP contribution in [0.3, 0.4) is 0 Å². The zero-order valence-electron chi connectivity index (χ0n) is 33.9. The van der Waals surface area contributed by atoms with E-state index in [-0.39, 0.29) is 60.2 Å². The fraction of sp³-hybridized carbons (Fsp3) is 0.944. The molecule has 2 heterocycles. The SMILES string of the molecule is COC[C@H](O)C[C@H]1O[C@@](OC)([C@@H]2OC(=O)O[C@H]2C[C@H](OC)[C@H](CCCOC(C)=O)O[Si](C)(C)C(C)(C)C)[C@H](C)[C@@H](O[Si](C)(C)C(C)(C)C)[C@H]1C. The van der Waals surface area contributed by atoms with Crippen molar-refractivity contribution in [3.63, 3.8) is 0 Å². The Morgan fingerprint density at radius 3 is 2.02 bits per heavy atom. The van der Waals surface area contributed by atoms with Crippen LogP contribution < -0.4 is 0 Å². The van der Waals surface area contributed by atoms with Gasteiger partial charge in [0.25, 0.3) is 0 Å². The van der Waals surface area contributed by atoms with Crippen LogP contribution in [-0.2, 0) is 46.8 Å². The van der Waals surface area contributed by atoms with E-state index < -0.39 is 65.0 Å². The minimum atomic E-state index is -2.32. The number of carbonyl (C=O) groups is 2. The van der Waals surface area contributed by atoms with E-state index >= 15 is 0 Å². The second kappa shape index (κ2) is 17.8. The number of aliphatic hydroxyl groups excluding tert-OH is 1. The summed E-state index contributed by atoms with van der Waals surface area (Å²) in [5, 5.41) is 10.7. The number of aliphatic hydroxyl groups is 1. The molecule has 0 aromatic rings. The van der Waals surface area contributed by atoms with Crippen molar-refractivity contribution in [2.24, 2.45) is 11.8 Å². The number of rotatable bonds is 18. The van der Waals surface area contributed by atoms with Gasteiger partial charge in [0.2, 0.25) is 5.79 Å². The third kappa shape index (κ3) is 11.0. The van der Waals surface area contributed by atoms with Crippen molar-refractivity contribution in [3.05, 3.63) is 0 Å². The Morgan fingerprint density at radius 2 is 1.52 bits per heavy atom. The lowest BCUT2D eigenvalue weighted by Crippen LogP contribution is -2.67. The Balaban J connectivity index is 2.57. The van der Waals surface area contributed by atoms with Gasteiger partial charge in [-0.15, -0.1) is 0 Å². The summed E-state index contributed by atoms with van der Waals surface area (Å²) in [7, 11) is 0.109. The summed E-state index contributed by atoms with van der Waals surface area (Å²) >= 11 is 0. The number of cyclic esters (lactones) is 2. The number of hydrogen-bond acceptors (Lipinski definition) is 12. The van der Waals surface area contributed by atoms with E-state index in [1.807, 2.05) is 6.92 Å². The normalized spacial score (nSPS) is 30.0. The molecule has 2 saturated heterocycles. The van der Waals surface area contributed by atoms with Crippen LogP contribution in [0.4, 0.5) is 4.79 Å². The molecule has 10 atom stereocenters. The highest BCUT2D eigenvalue weighted by Crippen LogP contribution is 2.50. The Bertz CT molecular complexity index is 1090. The minimum Gasteiger partial charge on any atom is -0.466 e. The number of ether oxygens (including phenoxy) is 7. The monoisotopic (exact) mass is 750 g/mol. The molecule has 0 radical (unpaired) electrons. The second-order valence-corrected chi connectivity index (χ2v) is 26.8. The van der Waals surface area contributed by atoms with Crippen LogP contribution in [0.25, 0.3) is 0 Å². The quantitative estimate of drug-likeness (QED) is 0.0893. The molecule has 0 aliphatic carbocycles. The molecule has 1 N–H and O–H groups in total. The largest absolute Gasteiger partial charge is 0.509 e. The molecule has 2 aliphatic rings. The summed E-state index contributed by atoms with van der Waals surface area (Å²) in [5.41, 5.74) is 0. The highest BCUT2D eigenvalue weighted by molar-refractivity contribution is 6.74. The Kier molecular flexibility index (Phi) is 16.1. The maximum Gasteiger partial charge on any atom is 0.509 e. The van der Waals surface area contributed by atoms with Crippen molar-refractivity contribution in [1.82, 2.24) is 0 Å². The van der Waals surface area contributed by atoms with Crippen molar-refractivity contribution in [2.45, 2.75) is 173 Å². The zero-order valence-corrected chi connectivity index (χ0v) is 35.9. The van der Waals surface area contributed by atoms with Crippen LogP contribution in [0, 0.1) is 11.8 Å². The highest BCUT2D eigenvalue weighted by Gasteiger charge is 2.64. The van der Waals surface area contributed by atoms with Gasteiger partial charge in [0.15, 0.2) is 28.8 Å². The third-order valence-corrected chi connectivity index (χ3v) is 20.5. The summed E-state index contributed by atoms with van der Waals surface area (Å²) in [6.07, 6.45) is -3.53. The van der Waals surface area contributed by atoms with Crippen molar-refractivity contribution in [1.29, 1.82) is 0 Å². The zero-order chi connectivity index (χ0) is 38.5. The van der Waals surface area contributed by atoms with Gasteiger partial charge >= 0.3 is 12.1 Å². The van der Waals surface area contributed by atoms with Crippen LogP contribution in [0.2, 0.25) is 36.3 Å². The Morgan fingerprint density at radius 1 is 0.920 bits per heavy atom. The fourth-order valence-corrected chi connectivity index (χ4v) is 9.28. The summed E-state index contributed by atoms with van der Waals surface area (Å²) in [4.78, 5) is 24.5. The van der Waals surface area contributed by atoms with Crippen LogP contribution in [0.15, 0.2) is 0 Å². The molecule has 2 rings (SSSR count). The molecule has 14 heteroatoms. The topological polar surface area (TPSA) is 137 Å². The lowest BCUT2D eigenvalue weighted by atomic mass is 9.76. The summed E-state index contributed by atoms with van der Waals surface area (Å²) < 4.78 is 55.7. The summed E-state index contributed by atoms with van der Waals surface area (Å²) in [5.74, 6) is -2.34. The lowest BCUT2D eigenvalue weighted by Gasteiger charge is -2.55. The van der Waals surface area contributed by atoms with Crippen LogP contribution in [-0.4, -0.2) is 117 Å². The summed E-state index contributed by atoms with van der Waals surface area (Å²) in [6.45, 7) is 27.8. The number of esters is 1. The molecule has 12 nitrogen and oxygen atoms in total. The van der Waals surface area contributed by atoms with Gasteiger partial charge in [-0.2, -0.15) is 0 Å². The van der Waals surface area contributed by atoms with Gasteiger partial charge in [-0.25, -0.2) is 4.79 Å². The molecule has 50 heavy (non-hydrogen) atoms. The maximum atomic E-state index is 13.0. The van der Waals surface area contributed by atoms with Gasteiger partial charge in [0.05, 0.1) is 43.7 Å². The van der Waals surface area contributed by atoms with Crippen LogP contribution in [0.5, 0.6) is 0 Å². The molecule has 0 unspecified atom stereocenters. The predicted molar refractivity (Wildman–Crippen MR) is 196 cm³/mol. The first-order valence-corrected chi connectivity index (χ1v) is 24.0. The molecule has 0 spiro atoms. The standard InChI is InChI=1S/C36H70O12Si2/c1-23-28(20-26(38)22-40-10)46-36(42-12,24(2)31(23)48-50(15,16)35(7,8)9)32-30(44-33(39)45-32)21-29(41-11)27(18-17-19-43-25(3)37)47-49(13,14)34(4,5)6/h23-24,26-32,38H,17-22H2,1-16H3/t23-,24+,26+,27-,28+,29-,30-,31-,32+,36+/m0/s1. The first kappa shape index (κ1) is 45.1. The van der Waals surface area contributed by atoms with E-state index in [0.717, 1.165) is 0 Å². The molecule has 0 aromatic heterocycles. The molecule has 294 valence electrons. The van der Waals surface area contributed by atoms with Gasteiger partial charge < -0.3 is 47.1 Å². The molecule has 2 fully saturated rings. The molecule has 0 saturated carbocycles. The van der Waals surface area contributed by atoms with E-state index in [1.165, 1.54) is 6.92 Å². The molecular weight excluding hydrogens is 681 g/mol. The van der Waals surface area contributed by atoms with E-state index in [9.17, 15) is 14.7 Å². The number of methoxy groups -OCH3 is 3. The lowest BCUT2D eigenvalue weighted by molar-refractivity contribution is -0.360. The van der Waals surface area contributed by atoms with Gasteiger partial charge in [0, 0.05) is 52.9 Å². The van der Waals surface area contributed by atoms with Crippen LogP contribution >= 0.6 is 0 Å².